The third kappa shape index (κ3) is 3.04. The lowest BCUT2D eigenvalue weighted by Crippen LogP contribution is -2.47. The van der Waals surface area contributed by atoms with Crippen LogP contribution in [0.3, 0.4) is 0 Å². The Morgan fingerprint density at radius 3 is 2.63 bits per heavy atom. The van der Waals surface area contributed by atoms with E-state index in [0.29, 0.717) is 0 Å². The minimum absolute atomic E-state index is 0.135. The van der Waals surface area contributed by atoms with Crippen molar-refractivity contribution in [3.63, 3.8) is 0 Å². The first-order valence-electron chi connectivity index (χ1n) is 6.69. The minimum Gasteiger partial charge on any atom is -0.383 e. The average molecular weight is 263 g/mol. The zero-order chi connectivity index (χ0) is 13.9. The van der Waals surface area contributed by atoms with Gasteiger partial charge in [-0.05, 0) is 33.0 Å². The summed E-state index contributed by atoms with van der Waals surface area (Å²) in [5.41, 5.74) is 1.14. The van der Waals surface area contributed by atoms with Gasteiger partial charge < -0.3 is 10.2 Å². The van der Waals surface area contributed by atoms with E-state index in [-0.39, 0.29) is 16.1 Å². The lowest BCUT2D eigenvalue weighted by atomic mass is 9.96. The number of nitrogens with one attached hydrogen (secondary N) is 1. The summed E-state index contributed by atoms with van der Waals surface area (Å²) in [6, 6.07) is 6.71. The van der Waals surface area contributed by atoms with Crippen LogP contribution in [0.15, 0.2) is 24.3 Å². The monoisotopic (exact) mass is 263 g/mol. The third-order valence-electron chi connectivity index (χ3n) is 4.16. The fourth-order valence-corrected chi connectivity index (χ4v) is 2.81. The number of hydrogen-bond acceptors (Lipinski definition) is 4. The van der Waals surface area contributed by atoms with Gasteiger partial charge in [0.1, 0.15) is 0 Å². The highest BCUT2D eigenvalue weighted by Gasteiger charge is 2.35. The lowest BCUT2D eigenvalue weighted by molar-refractivity contribution is -0.384. The van der Waals surface area contributed by atoms with Gasteiger partial charge in [-0.1, -0.05) is 18.9 Å². The van der Waals surface area contributed by atoms with E-state index < -0.39 is 0 Å². The summed E-state index contributed by atoms with van der Waals surface area (Å²) in [7, 11) is 4.22. The van der Waals surface area contributed by atoms with Crippen molar-refractivity contribution in [2.45, 2.75) is 31.2 Å². The van der Waals surface area contributed by atoms with Crippen LogP contribution in [0.2, 0.25) is 0 Å². The van der Waals surface area contributed by atoms with Crippen molar-refractivity contribution >= 4 is 11.4 Å². The third-order valence-corrected chi connectivity index (χ3v) is 4.16. The number of rotatable bonds is 5. The lowest BCUT2D eigenvalue weighted by Gasteiger charge is -2.36. The summed E-state index contributed by atoms with van der Waals surface area (Å²) in [6.07, 6.45) is 4.88. The van der Waals surface area contributed by atoms with Crippen LogP contribution in [-0.2, 0) is 0 Å². The van der Waals surface area contributed by atoms with Crippen LogP contribution < -0.4 is 5.32 Å². The summed E-state index contributed by atoms with van der Waals surface area (Å²) in [5, 5.41) is 14.1. The molecule has 1 aromatic carbocycles. The van der Waals surface area contributed by atoms with Crippen LogP contribution in [0.1, 0.15) is 25.7 Å². The van der Waals surface area contributed by atoms with Gasteiger partial charge in [0.25, 0.3) is 5.69 Å². The van der Waals surface area contributed by atoms with E-state index in [0.717, 1.165) is 12.2 Å². The number of hydrogen-bond donors (Lipinski definition) is 1. The number of anilines is 1. The van der Waals surface area contributed by atoms with Crippen LogP contribution in [0.4, 0.5) is 11.4 Å². The van der Waals surface area contributed by atoms with Gasteiger partial charge in [-0.2, -0.15) is 0 Å². The molecule has 1 aliphatic rings. The highest BCUT2D eigenvalue weighted by Crippen LogP contribution is 2.34. The molecule has 0 spiro atoms. The molecule has 1 N–H and O–H groups in total. The number of benzene rings is 1. The van der Waals surface area contributed by atoms with Gasteiger partial charge in [-0.25, -0.2) is 0 Å². The number of likely N-dealkylation sites (N-methyl/N-ethyl adjacent to an activating group) is 1. The molecule has 0 heterocycles. The Labute approximate surface area is 113 Å². The summed E-state index contributed by atoms with van der Waals surface area (Å²) in [4.78, 5) is 12.7. The van der Waals surface area contributed by atoms with E-state index in [9.17, 15) is 10.1 Å². The number of non-ortho nitro benzene ring substituents is 1. The molecule has 1 fully saturated rings. The standard InChI is InChI=1S/C14H21N3O2/c1-16(2)14(8-3-4-9-14)11-15-12-6-5-7-13(10-12)17(18)19/h5-7,10,15H,3-4,8-9,11H2,1-2H3. The molecule has 1 saturated carbocycles. The second-order valence-electron chi connectivity index (χ2n) is 5.49. The molecule has 0 unspecified atom stereocenters. The first kappa shape index (κ1) is 13.8. The molecule has 19 heavy (non-hydrogen) atoms. The second-order valence-corrected chi connectivity index (χ2v) is 5.49. The van der Waals surface area contributed by atoms with E-state index in [1.807, 2.05) is 6.07 Å². The molecule has 5 heteroatoms. The summed E-state index contributed by atoms with van der Waals surface area (Å²) in [5.74, 6) is 0. The highest BCUT2D eigenvalue weighted by molar-refractivity contribution is 5.51. The molecule has 0 atom stereocenters. The largest absolute Gasteiger partial charge is 0.383 e. The normalized spacial score (nSPS) is 17.6. The fourth-order valence-electron chi connectivity index (χ4n) is 2.81. The topological polar surface area (TPSA) is 58.4 Å². The maximum atomic E-state index is 10.8. The Bertz CT molecular complexity index is 454. The van der Waals surface area contributed by atoms with Crippen LogP contribution in [0, 0.1) is 10.1 Å². The van der Waals surface area contributed by atoms with Gasteiger partial charge in [0, 0.05) is 29.9 Å². The van der Waals surface area contributed by atoms with Crippen LogP contribution in [0.25, 0.3) is 0 Å². The SMILES string of the molecule is CN(C)C1(CNc2cccc([N+](=O)[O-])c2)CCCC1. The van der Waals surface area contributed by atoms with Crippen molar-refractivity contribution in [2.24, 2.45) is 0 Å². The molecule has 0 aromatic heterocycles. The fraction of sp³-hybridized carbons (Fsp3) is 0.571. The Kier molecular flexibility index (Phi) is 4.04. The van der Waals surface area contributed by atoms with E-state index >= 15 is 0 Å². The van der Waals surface area contributed by atoms with Crippen molar-refractivity contribution in [1.82, 2.24) is 4.90 Å². The van der Waals surface area contributed by atoms with E-state index in [1.165, 1.54) is 31.7 Å². The average Bonchev–Trinajstić information content (AvgIpc) is 2.87. The van der Waals surface area contributed by atoms with Crippen LogP contribution >= 0.6 is 0 Å². The second kappa shape index (κ2) is 5.57. The van der Waals surface area contributed by atoms with Crippen molar-refractivity contribution in [3.05, 3.63) is 34.4 Å². The van der Waals surface area contributed by atoms with Crippen LogP contribution in [-0.4, -0.2) is 36.0 Å². The van der Waals surface area contributed by atoms with Gasteiger partial charge >= 0.3 is 0 Å². The highest BCUT2D eigenvalue weighted by atomic mass is 16.6. The maximum Gasteiger partial charge on any atom is 0.271 e. The van der Waals surface area contributed by atoms with Gasteiger partial charge in [0.2, 0.25) is 0 Å². The van der Waals surface area contributed by atoms with Gasteiger partial charge in [-0.15, -0.1) is 0 Å². The summed E-state index contributed by atoms with van der Waals surface area (Å²) in [6.45, 7) is 0.834. The first-order chi connectivity index (χ1) is 9.03. The molecule has 0 saturated heterocycles. The molecule has 0 radical (unpaired) electrons. The first-order valence-corrected chi connectivity index (χ1v) is 6.69. The predicted molar refractivity (Wildman–Crippen MR) is 76.5 cm³/mol. The van der Waals surface area contributed by atoms with Crippen molar-refractivity contribution in [1.29, 1.82) is 0 Å². The molecule has 1 aliphatic carbocycles. The van der Waals surface area contributed by atoms with Crippen LogP contribution in [0.5, 0.6) is 0 Å². The molecular weight excluding hydrogens is 242 g/mol. The molecule has 1 aromatic rings. The minimum atomic E-state index is -0.359. The van der Waals surface area contributed by atoms with Gasteiger partial charge in [0.15, 0.2) is 0 Å². The zero-order valence-corrected chi connectivity index (χ0v) is 11.6. The van der Waals surface area contributed by atoms with E-state index in [1.54, 1.807) is 12.1 Å². The molecule has 104 valence electrons. The van der Waals surface area contributed by atoms with Crippen molar-refractivity contribution in [2.75, 3.05) is 26.0 Å². The Hall–Kier alpha value is -1.62. The van der Waals surface area contributed by atoms with Crippen molar-refractivity contribution < 1.29 is 4.92 Å². The van der Waals surface area contributed by atoms with Crippen molar-refractivity contribution in [3.8, 4) is 0 Å². The molecule has 2 rings (SSSR count). The number of nitro groups is 1. The summed E-state index contributed by atoms with van der Waals surface area (Å²) >= 11 is 0. The molecule has 0 amide bonds. The summed E-state index contributed by atoms with van der Waals surface area (Å²) < 4.78 is 0. The quantitative estimate of drug-likeness (QED) is 0.655. The van der Waals surface area contributed by atoms with E-state index in [2.05, 4.69) is 24.3 Å². The van der Waals surface area contributed by atoms with Gasteiger partial charge in [-0.3, -0.25) is 10.1 Å². The Balaban J connectivity index is 2.05. The predicted octanol–water partition coefficient (Wildman–Crippen LogP) is 2.88. The number of nitrogens with zero attached hydrogens (tertiary/aromatic N) is 2. The molecule has 5 nitrogen and oxygen atoms in total. The Morgan fingerprint density at radius 1 is 1.37 bits per heavy atom. The smallest absolute Gasteiger partial charge is 0.271 e. The maximum absolute atomic E-state index is 10.8. The number of nitro benzene ring substituents is 1. The Morgan fingerprint density at radius 2 is 2.05 bits per heavy atom. The molecule has 0 aliphatic heterocycles. The van der Waals surface area contributed by atoms with E-state index in [4.69, 9.17) is 0 Å². The molecule has 0 bridgehead atoms. The van der Waals surface area contributed by atoms with Gasteiger partial charge in [0.05, 0.1) is 4.92 Å². The molecular formula is C14H21N3O2. The zero-order valence-electron chi connectivity index (χ0n) is 11.6.